The quantitative estimate of drug-likeness (QED) is 0.646. The van der Waals surface area contributed by atoms with Crippen molar-refractivity contribution in [1.82, 2.24) is 4.31 Å². The Morgan fingerprint density at radius 2 is 2.08 bits per heavy atom. The third kappa shape index (κ3) is 1.72. The van der Waals surface area contributed by atoms with Gasteiger partial charge in [0.25, 0.3) is 10.0 Å². The Bertz CT molecular complexity index is 410. The summed E-state index contributed by atoms with van der Waals surface area (Å²) in [4.78, 5) is 0. The lowest BCUT2D eigenvalue weighted by Gasteiger charge is -2.09. The molecule has 0 amide bonds. The van der Waals surface area contributed by atoms with Crippen LogP contribution in [0.2, 0.25) is 0 Å². The van der Waals surface area contributed by atoms with E-state index in [0.29, 0.717) is 5.46 Å². The van der Waals surface area contributed by atoms with Crippen LogP contribution in [0, 0.1) is 0 Å². The summed E-state index contributed by atoms with van der Waals surface area (Å²) in [7, 11) is 1.05. The minimum atomic E-state index is -3.48. The maximum absolute atomic E-state index is 11.5. The van der Waals surface area contributed by atoms with Gasteiger partial charge in [0.1, 0.15) is 13.6 Å². The second-order valence-corrected chi connectivity index (χ2v) is 6.07. The summed E-state index contributed by atoms with van der Waals surface area (Å²) in [5, 5.41) is 11.0. The van der Waals surface area contributed by atoms with E-state index in [9.17, 15) is 13.5 Å². The highest BCUT2D eigenvalue weighted by Gasteiger charge is 2.23. The molecular formula is C6H10BNO3S2. The van der Waals surface area contributed by atoms with Crippen LogP contribution in [0.25, 0.3) is 0 Å². The topological polar surface area (TPSA) is 57.6 Å². The average molecular weight is 219 g/mol. The number of hydrogen-bond donors (Lipinski definition) is 1. The second-order valence-electron chi connectivity index (χ2n) is 2.84. The van der Waals surface area contributed by atoms with Crippen LogP contribution in [0.3, 0.4) is 0 Å². The van der Waals surface area contributed by atoms with Gasteiger partial charge in [-0.3, -0.25) is 0 Å². The number of nitrogens with zero attached hydrogens (tertiary/aromatic N) is 1. The number of sulfonamides is 1. The van der Waals surface area contributed by atoms with Gasteiger partial charge in [0, 0.05) is 14.1 Å². The van der Waals surface area contributed by atoms with E-state index in [2.05, 4.69) is 0 Å². The van der Waals surface area contributed by atoms with E-state index in [-0.39, 0.29) is 9.96 Å². The predicted molar refractivity (Wildman–Crippen MR) is 55.0 cm³/mol. The highest BCUT2D eigenvalue weighted by Crippen LogP contribution is 2.27. The van der Waals surface area contributed by atoms with Gasteiger partial charge in [-0.15, -0.1) is 11.3 Å². The smallest absolute Gasteiger partial charge is 0.255 e. The predicted octanol–water partition coefficient (Wildman–Crippen LogP) is -1.04. The molecule has 0 aliphatic rings. The van der Waals surface area contributed by atoms with E-state index in [1.807, 2.05) is 0 Å². The van der Waals surface area contributed by atoms with E-state index < -0.39 is 10.0 Å². The molecule has 1 N–H and O–H groups in total. The Hall–Kier alpha value is -0.525. The summed E-state index contributed by atoms with van der Waals surface area (Å²) >= 11 is 1.03. The molecule has 0 atom stereocenters. The van der Waals surface area contributed by atoms with Gasteiger partial charge in [0.15, 0.2) is 4.21 Å². The molecule has 0 bridgehead atoms. The van der Waals surface area contributed by atoms with Crippen LogP contribution in [0.1, 0.15) is 0 Å². The molecule has 0 fully saturated rings. The van der Waals surface area contributed by atoms with Crippen molar-refractivity contribution in [3.05, 3.63) is 5.38 Å². The first-order valence-corrected chi connectivity index (χ1v) is 5.89. The molecule has 4 nitrogen and oxygen atoms in total. The fraction of sp³-hybridized carbons (Fsp3) is 0.333. The van der Waals surface area contributed by atoms with Crippen molar-refractivity contribution in [3.63, 3.8) is 0 Å². The van der Waals surface area contributed by atoms with Crippen molar-refractivity contribution in [1.29, 1.82) is 0 Å². The molecule has 1 heterocycles. The highest BCUT2D eigenvalue weighted by atomic mass is 32.2. The number of thiophene rings is 1. The van der Waals surface area contributed by atoms with Gasteiger partial charge in [-0.1, -0.05) is 0 Å². The Morgan fingerprint density at radius 1 is 1.54 bits per heavy atom. The summed E-state index contributed by atoms with van der Waals surface area (Å²) in [5.41, 5.74) is 0.588. The lowest BCUT2D eigenvalue weighted by Crippen LogP contribution is -2.21. The zero-order valence-corrected chi connectivity index (χ0v) is 9.24. The molecule has 13 heavy (non-hydrogen) atoms. The monoisotopic (exact) mass is 219 g/mol. The van der Waals surface area contributed by atoms with Crippen molar-refractivity contribution in [2.75, 3.05) is 14.1 Å². The molecule has 0 spiro atoms. The van der Waals surface area contributed by atoms with Crippen LogP contribution < -0.4 is 5.46 Å². The number of aromatic hydroxyl groups is 1. The molecule has 0 aromatic carbocycles. The van der Waals surface area contributed by atoms with Crippen LogP contribution in [0.4, 0.5) is 0 Å². The fourth-order valence-corrected chi connectivity index (χ4v) is 3.25. The summed E-state index contributed by atoms with van der Waals surface area (Å²) in [6, 6.07) is 0. The second kappa shape index (κ2) is 3.32. The SMILES string of the molecule is Bc1csc(S(=O)(=O)N(C)C)c1O. The Labute approximate surface area is 82.3 Å². The maximum atomic E-state index is 11.5. The molecule has 0 saturated heterocycles. The van der Waals surface area contributed by atoms with Gasteiger partial charge in [0.05, 0.1) is 0 Å². The lowest BCUT2D eigenvalue weighted by molar-refractivity contribution is 0.462. The van der Waals surface area contributed by atoms with E-state index in [1.54, 1.807) is 13.2 Å². The van der Waals surface area contributed by atoms with E-state index in [1.165, 1.54) is 14.1 Å². The summed E-state index contributed by atoms with van der Waals surface area (Å²) < 4.78 is 24.2. The van der Waals surface area contributed by atoms with Gasteiger partial charge < -0.3 is 5.11 Å². The van der Waals surface area contributed by atoms with Crippen LogP contribution in [0.5, 0.6) is 5.75 Å². The standard InChI is InChI=1S/C6H10BNO3S2/c1-8(2)13(10,11)6-5(9)4(7)3-12-6/h3,9H,7H2,1-2H3. The Morgan fingerprint density at radius 3 is 2.38 bits per heavy atom. The number of rotatable bonds is 2. The minimum Gasteiger partial charge on any atom is -0.506 e. The molecule has 1 aromatic rings. The fourth-order valence-electron chi connectivity index (χ4n) is 0.763. The first kappa shape index (κ1) is 10.6. The van der Waals surface area contributed by atoms with E-state index >= 15 is 0 Å². The van der Waals surface area contributed by atoms with Crippen LogP contribution in [0.15, 0.2) is 9.59 Å². The van der Waals surface area contributed by atoms with E-state index in [0.717, 1.165) is 15.6 Å². The minimum absolute atomic E-state index is 0.00926. The molecule has 1 aromatic heterocycles. The van der Waals surface area contributed by atoms with Gasteiger partial charge in [-0.05, 0) is 10.8 Å². The summed E-state index contributed by atoms with van der Waals surface area (Å²) in [6.45, 7) is 0. The molecule has 0 saturated carbocycles. The zero-order valence-electron chi connectivity index (χ0n) is 7.60. The zero-order chi connectivity index (χ0) is 10.2. The largest absolute Gasteiger partial charge is 0.506 e. The molecular weight excluding hydrogens is 209 g/mol. The normalized spacial score (nSPS) is 12.2. The van der Waals surface area contributed by atoms with Gasteiger partial charge >= 0.3 is 0 Å². The third-order valence-electron chi connectivity index (χ3n) is 1.62. The molecule has 7 heteroatoms. The molecule has 0 unspecified atom stereocenters. The van der Waals surface area contributed by atoms with Gasteiger partial charge in [-0.2, -0.15) is 0 Å². The lowest BCUT2D eigenvalue weighted by atomic mass is 10.0. The third-order valence-corrected chi connectivity index (χ3v) is 5.05. The van der Waals surface area contributed by atoms with Crippen LogP contribution in [-0.4, -0.2) is 39.8 Å². The Balaban J connectivity index is 3.32. The highest BCUT2D eigenvalue weighted by molar-refractivity contribution is 7.91. The molecule has 72 valence electrons. The first-order chi connectivity index (χ1) is 5.87. The average Bonchev–Trinajstić information content (AvgIpc) is 2.33. The van der Waals surface area contributed by atoms with Crippen molar-refractivity contribution in [2.24, 2.45) is 0 Å². The van der Waals surface area contributed by atoms with Gasteiger partial charge in [-0.25, -0.2) is 12.7 Å². The molecule has 0 aliphatic carbocycles. The molecule has 0 radical (unpaired) electrons. The van der Waals surface area contributed by atoms with Crippen molar-refractivity contribution < 1.29 is 13.5 Å². The summed E-state index contributed by atoms with van der Waals surface area (Å²) in [5.74, 6) is -0.140. The van der Waals surface area contributed by atoms with Crippen molar-refractivity contribution in [3.8, 4) is 5.75 Å². The summed E-state index contributed by atoms with van der Waals surface area (Å²) in [6.07, 6.45) is 0. The van der Waals surface area contributed by atoms with Crippen LogP contribution >= 0.6 is 11.3 Å². The van der Waals surface area contributed by atoms with Crippen LogP contribution in [-0.2, 0) is 10.0 Å². The number of hydrogen-bond acceptors (Lipinski definition) is 4. The first-order valence-electron chi connectivity index (χ1n) is 3.57. The van der Waals surface area contributed by atoms with Crippen molar-refractivity contribution in [2.45, 2.75) is 4.21 Å². The Kier molecular flexibility index (Phi) is 2.70. The molecule has 1 rings (SSSR count). The van der Waals surface area contributed by atoms with E-state index in [4.69, 9.17) is 0 Å². The maximum Gasteiger partial charge on any atom is 0.255 e. The molecule has 0 aliphatic heterocycles. The van der Waals surface area contributed by atoms with Crippen molar-refractivity contribution >= 4 is 34.7 Å². The van der Waals surface area contributed by atoms with Gasteiger partial charge in [0.2, 0.25) is 0 Å².